The number of aromatic amines is 1. The zero-order chi connectivity index (χ0) is 16.7. The number of aromatic nitrogens is 2. The van der Waals surface area contributed by atoms with Crippen molar-refractivity contribution in [2.24, 2.45) is 0 Å². The summed E-state index contributed by atoms with van der Waals surface area (Å²) in [6.07, 6.45) is 2.36. The lowest BCUT2D eigenvalue weighted by Gasteiger charge is -2.36. The lowest BCUT2D eigenvalue weighted by atomic mass is 10.00. The number of halogens is 2. The standard InChI is InChI=1S/C13H20F2N4O3S/c14-13(15)2-4-18(5-3-13)9-12(20)1-6-19(10-12)23(21,22)11-7-16-17-8-11/h7-8,20H,1-6,9-10H2,(H,16,17)/t12-/m1/s1. The molecule has 0 aliphatic carbocycles. The zero-order valence-electron chi connectivity index (χ0n) is 12.6. The molecular weight excluding hydrogens is 330 g/mol. The summed E-state index contributed by atoms with van der Waals surface area (Å²) in [5, 5.41) is 16.7. The van der Waals surface area contributed by atoms with E-state index in [2.05, 4.69) is 10.2 Å². The van der Waals surface area contributed by atoms with Crippen LogP contribution >= 0.6 is 0 Å². The molecule has 0 radical (unpaired) electrons. The van der Waals surface area contributed by atoms with Crippen molar-refractivity contribution in [3.05, 3.63) is 12.4 Å². The number of sulfonamides is 1. The first-order valence-electron chi connectivity index (χ1n) is 7.52. The van der Waals surface area contributed by atoms with Gasteiger partial charge in [-0.25, -0.2) is 17.2 Å². The molecule has 7 nitrogen and oxygen atoms in total. The number of piperidine rings is 1. The highest BCUT2D eigenvalue weighted by Crippen LogP contribution is 2.31. The van der Waals surface area contributed by atoms with Crippen LogP contribution in [0, 0.1) is 0 Å². The third-order valence-corrected chi connectivity index (χ3v) is 6.32. The van der Waals surface area contributed by atoms with Gasteiger partial charge in [0, 0.05) is 51.8 Å². The molecule has 0 spiro atoms. The molecule has 0 amide bonds. The predicted octanol–water partition coefficient (Wildman–Crippen LogP) is 0.266. The van der Waals surface area contributed by atoms with Crippen molar-refractivity contribution >= 4 is 10.0 Å². The topological polar surface area (TPSA) is 89.5 Å². The van der Waals surface area contributed by atoms with Crippen molar-refractivity contribution in [2.75, 3.05) is 32.7 Å². The fourth-order valence-corrected chi connectivity index (χ4v) is 4.56. The Morgan fingerprint density at radius 1 is 1.26 bits per heavy atom. The molecule has 3 rings (SSSR count). The van der Waals surface area contributed by atoms with Crippen LogP contribution in [0.1, 0.15) is 19.3 Å². The highest BCUT2D eigenvalue weighted by molar-refractivity contribution is 7.89. The van der Waals surface area contributed by atoms with Crippen LogP contribution in [-0.4, -0.2) is 77.2 Å². The van der Waals surface area contributed by atoms with Crippen LogP contribution in [-0.2, 0) is 10.0 Å². The van der Waals surface area contributed by atoms with Crippen LogP contribution in [0.3, 0.4) is 0 Å². The van der Waals surface area contributed by atoms with E-state index in [4.69, 9.17) is 0 Å². The monoisotopic (exact) mass is 350 g/mol. The normalized spacial score (nSPS) is 29.9. The highest BCUT2D eigenvalue weighted by Gasteiger charge is 2.44. The first-order valence-corrected chi connectivity index (χ1v) is 8.96. The van der Waals surface area contributed by atoms with E-state index in [0.717, 1.165) is 0 Å². The molecule has 0 aromatic carbocycles. The Kier molecular flexibility index (Phi) is 4.20. The van der Waals surface area contributed by atoms with Crippen LogP contribution in [0.25, 0.3) is 0 Å². The summed E-state index contributed by atoms with van der Waals surface area (Å²) in [5.74, 6) is -2.63. The van der Waals surface area contributed by atoms with Crippen molar-refractivity contribution in [1.29, 1.82) is 0 Å². The van der Waals surface area contributed by atoms with E-state index in [1.54, 1.807) is 4.90 Å². The number of H-pyrrole nitrogens is 1. The summed E-state index contributed by atoms with van der Waals surface area (Å²) >= 11 is 0. The van der Waals surface area contributed by atoms with Gasteiger partial charge in [0.1, 0.15) is 4.90 Å². The maximum atomic E-state index is 13.2. The predicted molar refractivity (Wildman–Crippen MR) is 77.5 cm³/mol. The van der Waals surface area contributed by atoms with Gasteiger partial charge in [-0.05, 0) is 6.42 Å². The third-order valence-electron chi connectivity index (χ3n) is 4.51. The fourth-order valence-electron chi connectivity index (χ4n) is 3.14. The molecule has 1 aromatic heterocycles. The molecule has 2 aliphatic heterocycles. The van der Waals surface area contributed by atoms with Crippen LogP contribution in [0.4, 0.5) is 8.78 Å². The number of aliphatic hydroxyl groups is 1. The van der Waals surface area contributed by atoms with Gasteiger partial charge in [-0.2, -0.15) is 9.40 Å². The summed E-state index contributed by atoms with van der Waals surface area (Å²) in [5.41, 5.74) is -1.20. The Bertz CT molecular complexity index is 642. The Hall–Kier alpha value is -1.10. The molecular formula is C13H20F2N4O3S. The third kappa shape index (κ3) is 3.54. The molecule has 130 valence electrons. The number of β-amino-alcohol motifs (C(OH)–C–C–N with tert-alkyl or cyclic N) is 1. The first kappa shape index (κ1) is 16.7. The van der Waals surface area contributed by atoms with Crippen molar-refractivity contribution in [1.82, 2.24) is 19.4 Å². The molecule has 23 heavy (non-hydrogen) atoms. The van der Waals surface area contributed by atoms with Gasteiger partial charge in [0.15, 0.2) is 0 Å². The van der Waals surface area contributed by atoms with Crippen LogP contribution < -0.4 is 0 Å². The minimum atomic E-state index is -3.68. The van der Waals surface area contributed by atoms with E-state index >= 15 is 0 Å². The molecule has 0 saturated carbocycles. The van der Waals surface area contributed by atoms with E-state index < -0.39 is 21.5 Å². The van der Waals surface area contributed by atoms with Gasteiger partial charge in [-0.1, -0.05) is 0 Å². The van der Waals surface area contributed by atoms with E-state index in [1.165, 1.54) is 16.7 Å². The van der Waals surface area contributed by atoms with E-state index in [-0.39, 0.29) is 56.9 Å². The number of hydrogen-bond acceptors (Lipinski definition) is 5. The lowest BCUT2D eigenvalue weighted by molar-refractivity contribution is -0.0716. The molecule has 2 saturated heterocycles. The van der Waals surface area contributed by atoms with Crippen molar-refractivity contribution in [3.8, 4) is 0 Å². The highest BCUT2D eigenvalue weighted by atomic mass is 32.2. The SMILES string of the molecule is O=S(=O)(c1cn[nH]c1)N1CC[C@@](O)(CN2CCC(F)(F)CC2)C1. The number of hydrogen-bond donors (Lipinski definition) is 2. The van der Waals surface area contributed by atoms with Gasteiger partial charge >= 0.3 is 0 Å². The summed E-state index contributed by atoms with van der Waals surface area (Å²) in [4.78, 5) is 1.84. The van der Waals surface area contributed by atoms with Crippen LogP contribution in [0.5, 0.6) is 0 Å². The second kappa shape index (κ2) is 5.76. The van der Waals surface area contributed by atoms with Gasteiger partial charge in [0.25, 0.3) is 5.92 Å². The number of nitrogens with one attached hydrogen (secondary N) is 1. The Labute approximate surface area is 133 Å². The molecule has 1 aromatic rings. The minimum Gasteiger partial charge on any atom is -0.387 e. The number of rotatable bonds is 4. The summed E-state index contributed by atoms with van der Waals surface area (Å²) in [7, 11) is -3.68. The Morgan fingerprint density at radius 2 is 1.96 bits per heavy atom. The van der Waals surface area contributed by atoms with Crippen LogP contribution in [0.15, 0.2) is 17.3 Å². The van der Waals surface area contributed by atoms with Crippen molar-refractivity contribution in [2.45, 2.75) is 35.7 Å². The minimum absolute atomic E-state index is 0.0343. The first-order chi connectivity index (χ1) is 10.7. The lowest BCUT2D eigenvalue weighted by Crippen LogP contribution is -2.49. The maximum absolute atomic E-state index is 13.2. The second-order valence-electron chi connectivity index (χ2n) is 6.38. The maximum Gasteiger partial charge on any atom is 0.250 e. The number of likely N-dealkylation sites (tertiary alicyclic amines) is 1. The van der Waals surface area contributed by atoms with E-state index in [9.17, 15) is 22.3 Å². The fraction of sp³-hybridized carbons (Fsp3) is 0.769. The molecule has 0 unspecified atom stereocenters. The van der Waals surface area contributed by atoms with Crippen molar-refractivity contribution < 1.29 is 22.3 Å². The summed E-state index contributed by atoms with van der Waals surface area (Å²) < 4.78 is 52.4. The largest absolute Gasteiger partial charge is 0.387 e. The Morgan fingerprint density at radius 3 is 2.57 bits per heavy atom. The number of alkyl halides is 2. The van der Waals surface area contributed by atoms with Gasteiger partial charge in [-0.15, -0.1) is 0 Å². The number of nitrogens with zero attached hydrogens (tertiary/aromatic N) is 3. The van der Waals surface area contributed by atoms with Crippen LogP contribution in [0.2, 0.25) is 0 Å². The molecule has 0 bridgehead atoms. The molecule has 2 N–H and O–H groups in total. The average molecular weight is 350 g/mol. The molecule has 2 aliphatic rings. The van der Waals surface area contributed by atoms with Gasteiger partial charge < -0.3 is 5.11 Å². The molecule has 2 fully saturated rings. The zero-order valence-corrected chi connectivity index (χ0v) is 13.4. The second-order valence-corrected chi connectivity index (χ2v) is 8.32. The van der Waals surface area contributed by atoms with E-state index in [0.29, 0.717) is 0 Å². The van der Waals surface area contributed by atoms with E-state index in [1.807, 2.05) is 0 Å². The van der Waals surface area contributed by atoms with Crippen molar-refractivity contribution in [3.63, 3.8) is 0 Å². The molecule has 3 heterocycles. The Balaban J connectivity index is 1.62. The molecule has 10 heteroatoms. The average Bonchev–Trinajstić information content (AvgIpc) is 3.12. The van der Waals surface area contributed by atoms with Gasteiger partial charge in [0.05, 0.1) is 11.8 Å². The quantitative estimate of drug-likeness (QED) is 0.813. The smallest absolute Gasteiger partial charge is 0.250 e. The molecule has 1 atom stereocenters. The summed E-state index contributed by atoms with van der Waals surface area (Å²) in [6.45, 7) is 0.801. The summed E-state index contributed by atoms with van der Waals surface area (Å²) in [6, 6.07) is 0. The van der Waals surface area contributed by atoms with Gasteiger partial charge in [0.2, 0.25) is 10.0 Å². The van der Waals surface area contributed by atoms with Gasteiger partial charge in [-0.3, -0.25) is 10.00 Å².